The fraction of sp³-hybridized carbons (Fsp3) is 0.0417. The zero-order chi connectivity index (χ0) is 21.8. The van der Waals surface area contributed by atoms with Crippen LogP contribution >= 0.6 is 0 Å². The van der Waals surface area contributed by atoms with Crippen LogP contribution in [0.25, 0.3) is 11.3 Å². The predicted octanol–water partition coefficient (Wildman–Crippen LogP) is 4.92. The van der Waals surface area contributed by atoms with Gasteiger partial charge < -0.3 is 4.74 Å². The summed E-state index contributed by atoms with van der Waals surface area (Å²) in [5.74, 6) is -0.213. The second-order valence-electron chi connectivity index (χ2n) is 6.81. The highest BCUT2D eigenvalue weighted by atomic mass is 32.2. The molecule has 0 bridgehead atoms. The summed E-state index contributed by atoms with van der Waals surface area (Å²) in [5, 5.41) is 0. The first-order chi connectivity index (χ1) is 15.0. The normalized spacial score (nSPS) is 11.3. The van der Waals surface area contributed by atoms with Gasteiger partial charge in [-0.05, 0) is 35.9 Å². The van der Waals surface area contributed by atoms with Gasteiger partial charge in [-0.15, -0.1) is 0 Å². The van der Waals surface area contributed by atoms with E-state index in [2.05, 4.69) is 0 Å². The quantitative estimate of drug-likeness (QED) is 0.387. The van der Waals surface area contributed by atoms with Crippen molar-refractivity contribution in [3.8, 4) is 17.0 Å². The number of halogens is 1. The van der Waals surface area contributed by atoms with Gasteiger partial charge in [0.1, 0.15) is 18.2 Å². The molecular weight excluding hydrogens is 417 g/mol. The summed E-state index contributed by atoms with van der Waals surface area (Å²) in [4.78, 5) is 11.3. The van der Waals surface area contributed by atoms with Crippen molar-refractivity contribution in [1.29, 1.82) is 0 Å². The molecule has 0 aliphatic heterocycles. The van der Waals surface area contributed by atoms with Crippen LogP contribution in [0, 0.1) is 5.82 Å². The Kier molecular flexibility index (Phi) is 5.68. The molecule has 0 aliphatic carbocycles. The molecule has 0 radical (unpaired) electrons. The lowest BCUT2D eigenvalue weighted by Crippen LogP contribution is -2.13. The Morgan fingerprint density at radius 2 is 1.65 bits per heavy atom. The Labute approximate surface area is 179 Å². The number of rotatable bonds is 7. The lowest BCUT2D eigenvalue weighted by Gasteiger charge is -2.13. The summed E-state index contributed by atoms with van der Waals surface area (Å²) in [7, 11) is -4.12. The monoisotopic (exact) mass is 435 g/mol. The lowest BCUT2D eigenvalue weighted by atomic mass is 10.1. The van der Waals surface area contributed by atoms with Crippen LogP contribution in [0.2, 0.25) is 0 Å². The van der Waals surface area contributed by atoms with Gasteiger partial charge in [0.05, 0.1) is 10.6 Å². The molecule has 5 nitrogen and oxygen atoms in total. The number of hydrogen-bond acceptors (Lipinski definition) is 4. The molecule has 0 fully saturated rings. The SMILES string of the molecule is O=Cc1cc(-c2ccccc2F)n(S(=O)(=O)c2cccc(OCc3ccccc3)c2)c1. The average Bonchev–Trinajstić information content (AvgIpc) is 3.24. The minimum absolute atomic E-state index is 0.0382. The molecular formula is C24H18FNO4S. The summed E-state index contributed by atoms with van der Waals surface area (Å²) in [5.41, 5.74) is 1.21. The predicted molar refractivity (Wildman–Crippen MR) is 115 cm³/mol. The van der Waals surface area contributed by atoms with E-state index in [1.165, 1.54) is 42.6 Å². The fourth-order valence-electron chi connectivity index (χ4n) is 3.17. The first-order valence-electron chi connectivity index (χ1n) is 9.44. The zero-order valence-electron chi connectivity index (χ0n) is 16.3. The van der Waals surface area contributed by atoms with E-state index >= 15 is 0 Å². The van der Waals surface area contributed by atoms with Crippen LogP contribution < -0.4 is 4.74 Å². The largest absolute Gasteiger partial charge is 0.489 e. The summed E-state index contributed by atoms with van der Waals surface area (Å²) < 4.78 is 47.8. The number of aromatic nitrogens is 1. The maximum Gasteiger partial charge on any atom is 0.268 e. The fourth-order valence-corrected chi connectivity index (χ4v) is 4.58. The van der Waals surface area contributed by atoms with E-state index < -0.39 is 15.8 Å². The number of carbonyl (C=O) groups is 1. The molecule has 4 rings (SSSR count). The van der Waals surface area contributed by atoms with Gasteiger partial charge in [-0.2, -0.15) is 0 Å². The van der Waals surface area contributed by atoms with E-state index in [0.717, 1.165) is 9.54 Å². The molecule has 4 aromatic rings. The third-order valence-corrected chi connectivity index (χ3v) is 6.37. The number of nitrogens with zero attached hydrogens (tertiary/aromatic N) is 1. The molecule has 156 valence electrons. The zero-order valence-corrected chi connectivity index (χ0v) is 17.1. The van der Waals surface area contributed by atoms with E-state index in [-0.39, 0.29) is 28.3 Å². The molecule has 0 spiro atoms. The second-order valence-corrected chi connectivity index (χ2v) is 8.62. The standard InChI is InChI=1S/C24H18FNO4S/c25-23-12-5-4-11-22(23)24-13-19(16-27)15-26(24)31(28,29)21-10-6-9-20(14-21)30-17-18-7-2-1-3-8-18/h1-16H,17H2. The van der Waals surface area contributed by atoms with Gasteiger partial charge in [0.2, 0.25) is 0 Å². The Morgan fingerprint density at radius 3 is 2.39 bits per heavy atom. The van der Waals surface area contributed by atoms with Crippen LogP contribution in [0.15, 0.2) is 96.0 Å². The van der Waals surface area contributed by atoms with Crippen molar-refractivity contribution in [3.05, 3.63) is 108 Å². The summed E-state index contributed by atoms with van der Waals surface area (Å²) in [6.45, 7) is 0.281. The Morgan fingerprint density at radius 1 is 0.903 bits per heavy atom. The Balaban J connectivity index is 1.72. The molecule has 0 atom stereocenters. The summed E-state index contributed by atoms with van der Waals surface area (Å²) >= 11 is 0. The maximum absolute atomic E-state index is 14.4. The topological polar surface area (TPSA) is 65.4 Å². The van der Waals surface area contributed by atoms with Crippen molar-refractivity contribution >= 4 is 16.3 Å². The number of hydrogen-bond donors (Lipinski definition) is 0. The van der Waals surface area contributed by atoms with Crippen molar-refractivity contribution in [3.63, 3.8) is 0 Å². The molecule has 0 N–H and O–H groups in total. The maximum atomic E-state index is 14.4. The highest BCUT2D eigenvalue weighted by Gasteiger charge is 2.23. The summed E-state index contributed by atoms with van der Waals surface area (Å²) in [6.07, 6.45) is 1.71. The van der Waals surface area contributed by atoms with Crippen LogP contribution in [0.1, 0.15) is 15.9 Å². The third kappa shape index (κ3) is 4.27. The molecule has 0 saturated heterocycles. The molecule has 3 aromatic carbocycles. The van der Waals surface area contributed by atoms with Gasteiger partial charge in [-0.3, -0.25) is 4.79 Å². The van der Waals surface area contributed by atoms with Crippen LogP contribution in [0.3, 0.4) is 0 Å². The second kappa shape index (κ2) is 8.57. The Bertz CT molecular complexity index is 1330. The molecule has 1 heterocycles. The number of ether oxygens (including phenoxy) is 1. The highest BCUT2D eigenvalue weighted by Crippen LogP contribution is 2.29. The van der Waals surface area contributed by atoms with E-state index in [4.69, 9.17) is 4.74 Å². The minimum atomic E-state index is -4.12. The van der Waals surface area contributed by atoms with Gasteiger partial charge in [-0.25, -0.2) is 16.8 Å². The number of aldehydes is 1. The van der Waals surface area contributed by atoms with Crippen molar-refractivity contribution in [2.45, 2.75) is 11.5 Å². The molecule has 0 aliphatic rings. The van der Waals surface area contributed by atoms with Gasteiger partial charge in [0.25, 0.3) is 10.0 Å². The Hall–Kier alpha value is -3.71. The van der Waals surface area contributed by atoms with E-state index in [1.54, 1.807) is 18.2 Å². The summed E-state index contributed by atoms with van der Waals surface area (Å²) in [6, 6.07) is 22.7. The number of carbonyl (C=O) groups excluding carboxylic acids is 1. The highest BCUT2D eigenvalue weighted by molar-refractivity contribution is 7.90. The number of benzene rings is 3. The van der Waals surface area contributed by atoms with Crippen molar-refractivity contribution in [2.24, 2.45) is 0 Å². The van der Waals surface area contributed by atoms with Crippen molar-refractivity contribution in [2.75, 3.05) is 0 Å². The van der Waals surface area contributed by atoms with Gasteiger partial charge >= 0.3 is 0 Å². The van der Waals surface area contributed by atoms with Crippen LogP contribution in [-0.4, -0.2) is 18.7 Å². The minimum Gasteiger partial charge on any atom is -0.489 e. The molecule has 0 unspecified atom stereocenters. The molecule has 31 heavy (non-hydrogen) atoms. The first-order valence-corrected chi connectivity index (χ1v) is 10.9. The van der Waals surface area contributed by atoms with Crippen LogP contribution in [-0.2, 0) is 16.6 Å². The smallest absolute Gasteiger partial charge is 0.268 e. The van der Waals surface area contributed by atoms with Crippen molar-refractivity contribution < 1.29 is 22.3 Å². The van der Waals surface area contributed by atoms with E-state index in [0.29, 0.717) is 12.0 Å². The van der Waals surface area contributed by atoms with Gasteiger partial charge in [0, 0.05) is 23.4 Å². The molecule has 0 amide bonds. The van der Waals surface area contributed by atoms with Crippen molar-refractivity contribution in [1.82, 2.24) is 3.97 Å². The molecule has 1 aromatic heterocycles. The van der Waals surface area contributed by atoms with Gasteiger partial charge in [0.15, 0.2) is 6.29 Å². The van der Waals surface area contributed by atoms with Crippen LogP contribution in [0.4, 0.5) is 4.39 Å². The third-order valence-electron chi connectivity index (χ3n) is 4.70. The molecule has 0 saturated carbocycles. The lowest BCUT2D eigenvalue weighted by molar-refractivity contribution is 0.112. The van der Waals surface area contributed by atoms with Gasteiger partial charge in [-0.1, -0.05) is 48.5 Å². The first kappa shape index (κ1) is 20.6. The molecule has 7 heteroatoms. The average molecular weight is 435 g/mol. The van der Waals surface area contributed by atoms with E-state index in [9.17, 15) is 17.6 Å². The van der Waals surface area contributed by atoms with E-state index in [1.807, 2.05) is 30.3 Å². The van der Waals surface area contributed by atoms with Crippen LogP contribution in [0.5, 0.6) is 5.75 Å².